The maximum Gasteiger partial charge on any atom is 0.144 e. The highest BCUT2D eigenvalue weighted by molar-refractivity contribution is 6.11. The quantitative estimate of drug-likeness (QED) is 0.579. The number of hydrogen-bond donors (Lipinski definition) is 2. The summed E-state index contributed by atoms with van der Waals surface area (Å²) in [6.45, 7) is 4.65. The van der Waals surface area contributed by atoms with Gasteiger partial charge in [0.15, 0.2) is 0 Å². The SMILES string of the molecule is CC(C)NCC(O)CON=C(c1ccccc1)c1ccccn1. The average molecular weight is 313 g/mol. The Morgan fingerprint density at radius 1 is 1.17 bits per heavy atom. The monoisotopic (exact) mass is 313 g/mol. The van der Waals surface area contributed by atoms with Crippen LogP contribution >= 0.6 is 0 Å². The Hall–Kier alpha value is -2.24. The van der Waals surface area contributed by atoms with Gasteiger partial charge in [0.1, 0.15) is 18.4 Å². The smallest absolute Gasteiger partial charge is 0.144 e. The lowest BCUT2D eigenvalue weighted by Crippen LogP contribution is -2.34. The molecule has 2 aromatic rings. The van der Waals surface area contributed by atoms with Gasteiger partial charge in [0.25, 0.3) is 0 Å². The molecule has 0 fully saturated rings. The summed E-state index contributed by atoms with van der Waals surface area (Å²) >= 11 is 0. The molecule has 0 saturated carbocycles. The lowest BCUT2D eigenvalue weighted by Gasteiger charge is -2.13. The van der Waals surface area contributed by atoms with E-state index in [9.17, 15) is 5.11 Å². The number of aromatic nitrogens is 1. The van der Waals surface area contributed by atoms with Crippen LogP contribution < -0.4 is 5.32 Å². The van der Waals surface area contributed by atoms with Gasteiger partial charge in [0, 0.05) is 24.3 Å². The number of hydrogen-bond acceptors (Lipinski definition) is 5. The Kier molecular flexibility index (Phi) is 6.72. The van der Waals surface area contributed by atoms with Crippen molar-refractivity contribution in [2.75, 3.05) is 13.2 Å². The van der Waals surface area contributed by atoms with Crippen LogP contribution in [0.25, 0.3) is 0 Å². The van der Waals surface area contributed by atoms with Gasteiger partial charge >= 0.3 is 0 Å². The van der Waals surface area contributed by atoms with Gasteiger partial charge in [-0.15, -0.1) is 0 Å². The van der Waals surface area contributed by atoms with Crippen molar-refractivity contribution in [3.05, 3.63) is 66.0 Å². The zero-order valence-corrected chi connectivity index (χ0v) is 13.5. The van der Waals surface area contributed by atoms with Gasteiger partial charge in [0.05, 0.1) is 5.69 Å². The van der Waals surface area contributed by atoms with Crippen molar-refractivity contribution in [3.8, 4) is 0 Å². The average Bonchev–Trinajstić information content (AvgIpc) is 2.58. The van der Waals surface area contributed by atoms with Crippen molar-refractivity contribution in [2.45, 2.75) is 26.0 Å². The summed E-state index contributed by atoms with van der Waals surface area (Å²) in [5, 5.41) is 17.2. The fraction of sp³-hybridized carbons (Fsp3) is 0.333. The molecule has 5 nitrogen and oxygen atoms in total. The van der Waals surface area contributed by atoms with E-state index in [0.717, 1.165) is 11.3 Å². The number of pyridine rings is 1. The summed E-state index contributed by atoms with van der Waals surface area (Å²) in [4.78, 5) is 9.68. The Balaban J connectivity index is 2.06. The van der Waals surface area contributed by atoms with Gasteiger partial charge in [-0.25, -0.2) is 0 Å². The Bertz CT molecular complexity index is 559. The molecule has 122 valence electrons. The van der Waals surface area contributed by atoms with E-state index in [1.165, 1.54) is 0 Å². The zero-order chi connectivity index (χ0) is 16.5. The molecular formula is C18H23N3O2. The summed E-state index contributed by atoms with van der Waals surface area (Å²) in [5.41, 5.74) is 2.30. The predicted octanol–water partition coefficient (Wildman–Crippen LogP) is 2.21. The van der Waals surface area contributed by atoms with Crippen molar-refractivity contribution in [2.24, 2.45) is 5.16 Å². The van der Waals surface area contributed by atoms with E-state index in [-0.39, 0.29) is 6.61 Å². The first-order valence-corrected chi connectivity index (χ1v) is 7.75. The minimum atomic E-state index is -0.609. The molecule has 5 heteroatoms. The van der Waals surface area contributed by atoms with Crippen LogP contribution in [0, 0.1) is 0 Å². The Labute approximate surface area is 137 Å². The second-order valence-corrected chi connectivity index (χ2v) is 5.53. The van der Waals surface area contributed by atoms with E-state index in [0.29, 0.717) is 18.3 Å². The summed E-state index contributed by atoms with van der Waals surface area (Å²) in [7, 11) is 0. The van der Waals surface area contributed by atoms with E-state index in [4.69, 9.17) is 4.84 Å². The van der Waals surface area contributed by atoms with Gasteiger partial charge in [0.2, 0.25) is 0 Å². The first-order valence-electron chi connectivity index (χ1n) is 7.75. The molecule has 0 spiro atoms. The third kappa shape index (κ3) is 5.81. The summed E-state index contributed by atoms with van der Waals surface area (Å²) in [6, 6.07) is 15.7. The standard InChI is InChI=1S/C18H23N3O2/c1-14(2)20-12-16(22)13-23-21-18(15-8-4-3-5-9-15)17-10-6-7-11-19-17/h3-11,14,16,20,22H,12-13H2,1-2H3. The van der Waals surface area contributed by atoms with Crippen LogP contribution in [-0.2, 0) is 4.84 Å². The molecule has 1 aromatic heterocycles. The van der Waals surface area contributed by atoms with Gasteiger partial charge in [-0.2, -0.15) is 0 Å². The molecule has 23 heavy (non-hydrogen) atoms. The Morgan fingerprint density at radius 3 is 2.57 bits per heavy atom. The Morgan fingerprint density at radius 2 is 1.91 bits per heavy atom. The molecule has 2 rings (SSSR count). The minimum absolute atomic E-state index is 0.128. The van der Waals surface area contributed by atoms with Crippen LogP contribution in [0.2, 0.25) is 0 Å². The molecule has 0 radical (unpaired) electrons. The number of aliphatic hydroxyl groups is 1. The highest BCUT2D eigenvalue weighted by Gasteiger charge is 2.10. The van der Waals surface area contributed by atoms with Crippen LogP contribution in [0.5, 0.6) is 0 Å². The highest BCUT2D eigenvalue weighted by Crippen LogP contribution is 2.09. The topological polar surface area (TPSA) is 66.7 Å². The molecule has 0 aliphatic heterocycles. The van der Waals surface area contributed by atoms with Crippen molar-refractivity contribution < 1.29 is 9.94 Å². The maximum atomic E-state index is 9.88. The molecule has 1 atom stereocenters. The molecule has 0 aliphatic carbocycles. The minimum Gasteiger partial charge on any atom is -0.392 e. The summed E-state index contributed by atoms with van der Waals surface area (Å²) in [6.07, 6.45) is 1.11. The van der Waals surface area contributed by atoms with Crippen molar-refractivity contribution in [3.63, 3.8) is 0 Å². The van der Waals surface area contributed by atoms with E-state index in [1.54, 1.807) is 6.20 Å². The van der Waals surface area contributed by atoms with Gasteiger partial charge in [-0.1, -0.05) is 55.4 Å². The number of oxime groups is 1. The van der Waals surface area contributed by atoms with Crippen molar-refractivity contribution in [1.29, 1.82) is 0 Å². The molecule has 0 bridgehead atoms. The second-order valence-electron chi connectivity index (χ2n) is 5.53. The number of nitrogens with one attached hydrogen (secondary N) is 1. The normalized spacial score (nSPS) is 13.1. The van der Waals surface area contributed by atoms with E-state index in [2.05, 4.69) is 15.5 Å². The number of rotatable bonds is 8. The first kappa shape index (κ1) is 17.1. The van der Waals surface area contributed by atoms with Crippen molar-refractivity contribution >= 4 is 5.71 Å². The third-order valence-electron chi connectivity index (χ3n) is 3.14. The second kappa shape index (κ2) is 9.02. The highest BCUT2D eigenvalue weighted by atomic mass is 16.6. The number of nitrogens with zero attached hydrogens (tertiary/aromatic N) is 2. The van der Waals surface area contributed by atoms with Gasteiger partial charge in [-0.3, -0.25) is 4.98 Å². The molecular weight excluding hydrogens is 290 g/mol. The van der Waals surface area contributed by atoms with E-state index in [1.807, 2.05) is 62.4 Å². The van der Waals surface area contributed by atoms with Crippen LogP contribution in [0.4, 0.5) is 0 Å². The summed E-state index contributed by atoms with van der Waals surface area (Å²) in [5.74, 6) is 0. The maximum absolute atomic E-state index is 9.88. The zero-order valence-electron chi connectivity index (χ0n) is 13.5. The largest absolute Gasteiger partial charge is 0.392 e. The molecule has 0 aliphatic rings. The first-order chi connectivity index (χ1) is 11.2. The lowest BCUT2D eigenvalue weighted by molar-refractivity contribution is 0.0396. The fourth-order valence-electron chi connectivity index (χ4n) is 1.96. The molecule has 0 saturated heterocycles. The van der Waals surface area contributed by atoms with E-state index < -0.39 is 6.10 Å². The number of aliphatic hydroxyl groups excluding tert-OH is 1. The van der Waals surface area contributed by atoms with E-state index >= 15 is 0 Å². The van der Waals surface area contributed by atoms with Gasteiger partial charge < -0.3 is 15.3 Å². The van der Waals surface area contributed by atoms with Crippen LogP contribution in [0.15, 0.2) is 59.9 Å². The number of benzene rings is 1. The molecule has 1 heterocycles. The summed E-state index contributed by atoms with van der Waals surface area (Å²) < 4.78 is 0. The van der Waals surface area contributed by atoms with Gasteiger partial charge in [-0.05, 0) is 12.1 Å². The fourth-order valence-corrected chi connectivity index (χ4v) is 1.96. The van der Waals surface area contributed by atoms with Crippen LogP contribution in [-0.4, -0.2) is 41.1 Å². The molecule has 2 N–H and O–H groups in total. The molecule has 1 unspecified atom stereocenters. The van der Waals surface area contributed by atoms with Crippen molar-refractivity contribution in [1.82, 2.24) is 10.3 Å². The lowest BCUT2D eigenvalue weighted by atomic mass is 10.1. The molecule has 1 aromatic carbocycles. The third-order valence-corrected chi connectivity index (χ3v) is 3.14. The van der Waals surface area contributed by atoms with Crippen LogP contribution in [0.1, 0.15) is 25.1 Å². The van der Waals surface area contributed by atoms with Crippen LogP contribution in [0.3, 0.4) is 0 Å². The predicted molar refractivity (Wildman–Crippen MR) is 91.4 cm³/mol. The molecule has 0 amide bonds.